The van der Waals surface area contributed by atoms with Gasteiger partial charge in [0.15, 0.2) is 5.82 Å². The highest BCUT2D eigenvalue weighted by Gasteiger charge is 2.21. The van der Waals surface area contributed by atoms with Gasteiger partial charge < -0.3 is 5.32 Å². The minimum absolute atomic E-state index is 0.0875. The molecule has 2 heterocycles. The number of thioether (sulfide) groups is 1. The molecule has 7 heteroatoms. The lowest BCUT2D eigenvalue weighted by Crippen LogP contribution is -2.34. The molecule has 6 nitrogen and oxygen atoms in total. The van der Waals surface area contributed by atoms with Crippen molar-refractivity contribution < 1.29 is 4.79 Å². The number of hydrogen-bond donors (Lipinski definition) is 2. The van der Waals surface area contributed by atoms with Gasteiger partial charge in [-0.1, -0.05) is 11.6 Å². The van der Waals surface area contributed by atoms with E-state index in [1.54, 1.807) is 11.8 Å². The van der Waals surface area contributed by atoms with E-state index in [0.29, 0.717) is 12.4 Å². The van der Waals surface area contributed by atoms with E-state index < -0.39 is 0 Å². The van der Waals surface area contributed by atoms with Crippen LogP contribution in [0.4, 0.5) is 0 Å². The number of hydrogen-bond acceptors (Lipinski definition) is 5. The first-order valence-electron chi connectivity index (χ1n) is 4.98. The Balaban J connectivity index is 1.76. The van der Waals surface area contributed by atoms with Crippen molar-refractivity contribution in [2.45, 2.75) is 31.1 Å². The Hall–Kier alpha value is -1.11. The van der Waals surface area contributed by atoms with Crippen LogP contribution in [0.1, 0.15) is 25.1 Å². The smallest absolute Gasteiger partial charge is 0.233 e. The van der Waals surface area contributed by atoms with Gasteiger partial charge in [0.1, 0.15) is 0 Å². The summed E-state index contributed by atoms with van der Waals surface area (Å²) >= 11 is 1.73. The predicted molar refractivity (Wildman–Crippen MR) is 56.1 cm³/mol. The molecule has 2 rings (SSSR count). The molecule has 1 aromatic heterocycles. The first kappa shape index (κ1) is 10.4. The molecule has 2 N–H and O–H groups in total. The highest BCUT2D eigenvalue weighted by Crippen LogP contribution is 2.24. The van der Waals surface area contributed by atoms with Crippen molar-refractivity contribution >= 4 is 17.7 Å². The summed E-state index contributed by atoms with van der Waals surface area (Å²) in [5, 5.41) is 16.2. The fourth-order valence-corrected chi connectivity index (χ4v) is 2.71. The number of carbonyl (C=O) groups is 1. The Bertz CT molecular complexity index is 309. The van der Waals surface area contributed by atoms with E-state index in [4.69, 9.17) is 0 Å². The molecule has 1 saturated heterocycles. The molecule has 0 spiro atoms. The van der Waals surface area contributed by atoms with Gasteiger partial charge in [0.2, 0.25) is 5.91 Å². The summed E-state index contributed by atoms with van der Waals surface area (Å²) < 4.78 is 0. The zero-order chi connectivity index (χ0) is 10.5. The number of nitrogens with zero attached hydrogens (tertiary/aromatic N) is 3. The molecule has 0 aliphatic carbocycles. The van der Waals surface area contributed by atoms with Crippen LogP contribution in [0, 0.1) is 0 Å². The Morgan fingerprint density at radius 2 is 2.53 bits per heavy atom. The number of aromatic amines is 1. The molecule has 1 aromatic rings. The Kier molecular flexibility index (Phi) is 3.54. The van der Waals surface area contributed by atoms with Gasteiger partial charge in [-0.25, -0.2) is 0 Å². The summed E-state index contributed by atoms with van der Waals surface area (Å²) in [6.07, 6.45) is 3.34. The zero-order valence-electron chi connectivity index (χ0n) is 8.27. The van der Waals surface area contributed by atoms with E-state index in [9.17, 15) is 4.79 Å². The van der Waals surface area contributed by atoms with E-state index in [2.05, 4.69) is 25.9 Å². The van der Waals surface area contributed by atoms with Crippen molar-refractivity contribution in [2.75, 3.05) is 5.75 Å². The molecule has 0 radical (unpaired) electrons. The lowest BCUT2D eigenvalue weighted by atomic mass is 10.2. The molecular formula is C8H13N5OS. The van der Waals surface area contributed by atoms with Crippen LogP contribution in [-0.4, -0.2) is 37.5 Å². The summed E-state index contributed by atoms with van der Waals surface area (Å²) in [4.78, 5) is 11.7. The number of aromatic nitrogens is 4. The van der Waals surface area contributed by atoms with Crippen molar-refractivity contribution in [3.8, 4) is 0 Å². The lowest BCUT2D eigenvalue weighted by molar-refractivity contribution is -0.120. The number of nitrogens with one attached hydrogen (secondary N) is 2. The predicted octanol–water partition coefficient (Wildman–Crippen LogP) is 0.102. The maximum Gasteiger partial charge on any atom is 0.233 e. The fraction of sp³-hybridized carbons (Fsp3) is 0.750. The molecule has 1 atom stereocenters. The summed E-state index contributed by atoms with van der Waals surface area (Å²) in [5.74, 6) is 1.69. The van der Waals surface area contributed by atoms with Crippen LogP contribution < -0.4 is 5.32 Å². The molecule has 1 unspecified atom stereocenters. The molecule has 0 saturated carbocycles. The SMILES string of the molecule is O=C(NCc1nn[nH]n1)C1CCCCS1. The van der Waals surface area contributed by atoms with E-state index in [-0.39, 0.29) is 11.2 Å². The van der Waals surface area contributed by atoms with Crippen LogP contribution in [0.3, 0.4) is 0 Å². The average Bonchev–Trinajstić information content (AvgIpc) is 2.80. The third-order valence-electron chi connectivity index (χ3n) is 2.28. The minimum Gasteiger partial charge on any atom is -0.348 e. The second-order valence-electron chi connectivity index (χ2n) is 3.40. The summed E-state index contributed by atoms with van der Waals surface area (Å²) in [5.41, 5.74) is 0. The molecule has 0 aromatic carbocycles. The molecule has 1 aliphatic rings. The third-order valence-corrected chi connectivity index (χ3v) is 3.66. The largest absolute Gasteiger partial charge is 0.348 e. The van der Waals surface area contributed by atoms with E-state index in [0.717, 1.165) is 18.6 Å². The van der Waals surface area contributed by atoms with Gasteiger partial charge >= 0.3 is 0 Å². The van der Waals surface area contributed by atoms with Crippen molar-refractivity contribution in [2.24, 2.45) is 0 Å². The van der Waals surface area contributed by atoms with Gasteiger partial charge in [-0.05, 0) is 18.6 Å². The van der Waals surface area contributed by atoms with E-state index >= 15 is 0 Å². The van der Waals surface area contributed by atoms with E-state index in [1.165, 1.54) is 6.42 Å². The normalized spacial score (nSPS) is 21.2. The van der Waals surface area contributed by atoms with Gasteiger partial charge in [0.25, 0.3) is 0 Å². The monoisotopic (exact) mass is 227 g/mol. The van der Waals surface area contributed by atoms with Crippen LogP contribution in [0.25, 0.3) is 0 Å². The minimum atomic E-state index is 0.0875. The Morgan fingerprint density at radius 3 is 3.20 bits per heavy atom. The first-order valence-corrected chi connectivity index (χ1v) is 6.03. The van der Waals surface area contributed by atoms with Crippen molar-refractivity contribution in [3.63, 3.8) is 0 Å². The number of tetrazole rings is 1. The third kappa shape index (κ3) is 2.92. The number of amides is 1. The van der Waals surface area contributed by atoms with Crippen LogP contribution >= 0.6 is 11.8 Å². The Labute approximate surface area is 91.6 Å². The van der Waals surface area contributed by atoms with E-state index in [1.807, 2.05) is 0 Å². The van der Waals surface area contributed by atoms with Gasteiger partial charge in [-0.15, -0.1) is 22.0 Å². The van der Waals surface area contributed by atoms with Crippen LogP contribution in [0.5, 0.6) is 0 Å². The van der Waals surface area contributed by atoms with Crippen molar-refractivity contribution in [1.29, 1.82) is 0 Å². The standard InChI is InChI=1S/C8H13N5OS/c14-8(6-3-1-2-4-15-6)9-5-7-10-12-13-11-7/h6H,1-5H2,(H,9,14)(H,10,11,12,13). The highest BCUT2D eigenvalue weighted by atomic mass is 32.2. The van der Waals surface area contributed by atoms with Gasteiger partial charge in [0.05, 0.1) is 11.8 Å². The van der Waals surface area contributed by atoms with Crippen molar-refractivity contribution in [1.82, 2.24) is 25.9 Å². The molecule has 82 valence electrons. The van der Waals surface area contributed by atoms with Gasteiger partial charge in [0, 0.05) is 0 Å². The van der Waals surface area contributed by atoms with Crippen LogP contribution in [-0.2, 0) is 11.3 Å². The second kappa shape index (κ2) is 5.11. The quantitative estimate of drug-likeness (QED) is 0.765. The highest BCUT2D eigenvalue weighted by molar-refractivity contribution is 8.00. The van der Waals surface area contributed by atoms with Crippen LogP contribution in [0.2, 0.25) is 0 Å². The fourth-order valence-electron chi connectivity index (χ4n) is 1.48. The number of H-pyrrole nitrogens is 1. The molecule has 1 fully saturated rings. The summed E-state index contributed by atoms with van der Waals surface area (Å²) in [6, 6.07) is 0. The number of carbonyl (C=O) groups excluding carboxylic acids is 1. The maximum atomic E-state index is 11.7. The van der Waals surface area contributed by atoms with Crippen molar-refractivity contribution in [3.05, 3.63) is 5.82 Å². The summed E-state index contributed by atoms with van der Waals surface area (Å²) in [6.45, 7) is 0.354. The maximum absolute atomic E-state index is 11.7. The molecule has 15 heavy (non-hydrogen) atoms. The summed E-state index contributed by atoms with van der Waals surface area (Å²) in [7, 11) is 0. The lowest BCUT2D eigenvalue weighted by Gasteiger charge is -2.19. The number of rotatable bonds is 3. The van der Waals surface area contributed by atoms with Gasteiger partial charge in [-0.3, -0.25) is 4.79 Å². The first-order chi connectivity index (χ1) is 7.36. The zero-order valence-corrected chi connectivity index (χ0v) is 9.09. The molecule has 1 amide bonds. The van der Waals surface area contributed by atoms with Gasteiger partial charge in [-0.2, -0.15) is 5.21 Å². The molecule has 0 bridgehead atoms. The topological polar surface area (TPSA) is 83.6 Å². The van der Waals surface area contributed by atoms with Crippen LogP contribution in [0.15, 0.2) is 0 Å². The molecular weight excluding hydrogens is 214 g/mol. The average molecular weight is 227 g/mol. The second-order valence-corrected chi connectivity index (χ2v) is 4.71. The molecule has 1 aliphatic heterocycles. The Morgan fingerprint density at radius 1 is 1.60 bits per heavy atom.